The van der Waals surface area contributed by atoms with E-state index in [2.05, 4.69) is 36.7 Å². The summed E-state index contributed by atoms with van der Waals surface area (Å²) in [6.45, 7) is 12.5. The number of hydrogen-bond acceptors (Lipinski definition) is 11. The fourth-order valence-electron chi connectivity index (χ4n) is 6.62. The number of nitrogens with one attached hydrogen (secondary N) is 3. The zero-order valence-corrected chi connectivity index (χ0v) is 37.7. The van der Waals surface area contributed by atoms with Crippen LogP contribution in [0.1, 0.15) is 117 Å². The minimum Gasteiger partial charge on any atom is -0.459 e. The highest BCUT2D eigenvalue weighted by molar-refractivity contribution is 5.92. The highest BCUT2D eigenvalue weighted by atomic mass is 19.1. The molecule has 1 fully saturated rings. The van der Waals surface area contributed by atoms with Gasteiger partial charge in [0.2, 0.25) is 17.6 Å². The predicted octanol–water partition coefficient (Wildman–Crippen LogP) is 7.25. The molecule has 0 aromatic heterocycles. The molecular formula is C47H72FN3O11. The molecule has 2 aromatic carbocycles. The van der Waals surface area contributed by atoms with Crippen molar-refractivity contribution in [3.8, 4) is 0 Å². The number of esters is 1. The molecule has 3 N–H and O–H groups in total. The maximum absolute atomic E-state index is 17.6. The lowest BCUT2D eigenvalue weighted by atomic mass is 9.89. The number of halogens is 1. The third-order valence-corrected chi connectivity index (χ3v) is 10.4. The van der Waals surface area contributed by atoms with Gasteiger partial charge in [-0.3, -0.25) is 9.59 Å². The molecule has 0 radical (unpaired) electrons. The van der Waals surface area contributed by atoms with Crippen molar-refractivity contribution >= 4 is 23.9 Å². The Labute approximate surface area is 368 Å². The summed E-state index contributed by atoms with van der Waals surface area (Å²) in [4.78, 5) is 53.3. The Kier molecular flexibility index (Phi) is 24.6. The Morgan fingerprint density at radius 1 is 0.710 bits per heavy atom. The first-order chi connectivity index (χ1) is 30.0. The van der Waals surface area contributed by atoms with Crippen molar-refractivity contribution in [2.45, 2.75) is 167 Å². The third-order valence-electron chi connectivity index (χ3n) is 10.4. The van der Waals surface area contributed by atoms with Crippen LogP contribution in [0.15, 0.2) is 60.7 Å². The first-order valence-electron chi connectivity index (χ1n) is 22.5. The van der Waals surface area contributed by atoms with E-state index in [0.717, 1.165) is 50.5 Å². The van der Waals surface area contributed by atoms with Crippen molar-refractivity contribution in [3.63, 3.8) is 0 Å². The summed E-state index contributed by atoms with van der Waals surface area (Å²) in [5.74, 6) is -4.18. The quantitative estimate of drug-likeness (QED) is 0.0534. The van der Waals surface area contributed by atoms with Crippen LogP contribution in [0.4, 0.5) is 9.18 Å². The van der Waals surface area contributed by atoms with Crippen molar-refractivity contribution < 1.29 is 56.7 Å². The molecule has 1 heterocycles. The monoisotopic (exact) mass is 874 g/mol. The van der Waals surface area contributed by atoms with E-state index in [9.17, 15) is 19.2 Å². The topological polar surface area (TPSA) is 169 Å². The van der Waals surface area contributed by atoms with Crippen LogP contribution in [0.2, 0.25) is 0 Å². The first kappa shape index (κ1) is 52.2. The predicted molar refractivity (Wildman–Crippen MR) is 233 cm³/mol. The number of hydrogen-bond donors (Lipinski definition) is 3. The summed E-state index contributed by atoms with van der Waals surface area (Å²) in [5, 5.41) is 7.65. The van der Waals surface area contributed by atoms with Crippen LogP contribution in [-0.2, 0) is 60.8 Å². The Morgan fingerprint density at radius 3 is 1.87 bits per heavy atom. The largest absolute Gasteiger partial charge is 0.459 e. The van der Waals surface area contributed by atoms with Gasteiger partial charge in [-0.1, -0.05) is 114 Å². The molecule has 0 aliphatic carbocycles. The van der Waals surface area contributed by atoms with E-state index in [-0.39, 0.29) is 32.8 Å². The summed E-state index contributed by atoms with van der Waals surface area (Å²) in [5.41, 5.74) is 1.48. The van der Waals surface area contributed by atoms with Crippen LogP contribution in [-0.4, -0.2) is 105 Å². The molecule has 0 bridgehead atoms. The number of alkyl halides is 1. The summed E-state index contributed by atoms with van der Waals surface area (Å²) >= 11 is 0. The van der Waals surface area contributed by atoms with Crippen LogP contribution < -0.4 is 16.0 Å². The third kappa shape index (κ3) is 18.3. The van der Waals surface area contributed by atoms with Crippen molar-refractivity contribution in [2.75, 3.05) is 33.0 Å². The van der Waals surface area contributed by atoms with Crippen molar-refractivity contribution in [3.05, 3.63) is 71.8 Å². The van der Waals surface area contributed by atoms with Crippen molar-refractivity contribution in [2.24, 2.45) is 0 Å². The second-order valence-corrected chi connectivity index (χ2v) is 15.8. The van der Waals surface area contributed by atoms with Gasteiger partial charge in [-0.25, -0.2) is 14.0 Å². The smallest absolute Gasteiger partial charge is 0.408 e. The van der Waals surface area contributed by atoms with E-state index in [1.54, 1.807) is 36.4 Å². The van der Waals surface area contributed by atoms with E-state index in [1.807, 2.05) is 31.2 Å². The molecule has 348 valence electrons. The van der Waals surface area contributed by atoms with Crippen molar-refractivity contribution in [1.82, 2.24) is 16.0 Å². The Balaban J connectivity index is 1.89. The lowest BCUT2D eigenvalue weighted by Gasteiger charge is -2.49. The SMILES string of the molecule is CCCCOC[C@H]1O[C@@](OCCCC)(C(F)CC(NC(=O)OCc2ccccc2)C(=O)N[C@@H](C)C(=O)N[C@@H](C)C(=O)OCc2ccccc2)C[C@@H](OCCCC)[C@H]1OCCCC. The number of ether oxygens (including phenoxy) is 7. The number of unbranched alkanes of at least 4 members (excludes halogenated alkanes) is 4. The van der Waals surface area contributed by atoms with Crippen LogP contribution in [0.5, 0.6) is 0 Å². The maximum Gasteiger partial charge on any atom is 0.408 e. The molecule has 15 heteroatoms. The van der Waals surface area contributed by atoms with Gasteiger partial charge in [0.15, 0.2) is 6.17 Å². The highest BCUT2D eigenvalue weighted by Gasteiger charge is 2.55. The second kappa shape index (κ2) is 29.3. The van der Waals surface area contributed by atoms with Gasteiger partial charge in [0.1, 0.15) is 43.5 Å². The average Bonchev–Trinajstić information content (AvgIpc) is 3.27. The van der Waals surface area contributed by atoms with Gasteiger partial charge in [0, 0.05) is 32.7 Å². The number of alkyl carbamates (subject to hydrolysis) is 1. The summed E-state index contributed by atoms with van der Waals surface area (Å²) in [6, 6.07) is 14.2. The zero-order chi connectivity index (χ0) is 45.2. The molecule has 0 spiro atoms. The molecule has 0 saturated carbocycles. The molecule has 1 saturated heterocycles. The number of rotatable bonds is 30. The molecule has 1 aliphatic heterocycles. The maximum atomic E-state index is 17.6. The van der Waals surface area contributed by atoms with E-state index in [1.165, 1.54) is 13.8 Å². The van der Waals surface area contributed by atoms with Crippen LogP contribution in [0.3, 0.4) is 0 Å². The number of amides is 3. The van der Waals surface area contributed by atoms with E-state index in [0.29, 0.717) is 31.8 Å². The zero-order valence-electron chi connectivity index (χ0n) is 37.7. The van der Waals surface area contributed by atoms with Crippen LogP contribution in [0, 0.1) is 0 Å². The Bertz CT molecular complexity index is 1570. The molecule has 2 unspecified atom stereocenters. The van der Waals surface area contributed by atoms with Gasteiger partial charge in [-0.15, -0.1) is 0 Å². The van der Waals surface area contributed by atoms with Gasteiger partial charge < -0.3 is 49.1 Å². The van der Waals surface area contributed by atoms with Gasteiger partial charge >= 0.3 is 12.1 Å². The standard InChI is InChI=1S/C47H72FN3O11/c1-7-11-25-56-33-40-42(58-27-13-9-3)39(57-26-12-8-2)30-47(62-40,61-28-14-10-4)41(48)29-38(51-46(55)60-32-37-23-19-16-20-24-37)44(53)49-34(5)43(52)50-35(6)45(54)59-31-36-21-17-15-18-22-36/h15-24,34-35,38-42H,7-14,25-33H2,1-6H3,(H,49,53)(H,50,52)(H,51,55)/t34-,35-,38?,39+,40+,41?,42+,47+/m0/s1. The normalized spacial score (nSPS) is 20.6. The van der Waals surface area contributed by atoms with Crippen molar-refractivity contribution in [1.29, 1.82) is 0 Å². The highest BCUT2D eigenvalue weighted by Crippen LogP contribution is 2.40. The molecular weight excluding hydrogens is 802 g/mol. The van der Waals surface area contributed by atoms with E-state index in [4.69, 9.17) is 33.2 Å². The molecule has 2 aromatic rings. The Morgan fingerprint density at radius 2 is 1.26 bits per heavy atom. The second-order valence-electron chi connectivity index (χ2n) is 15.8. The molecule has 14 nitrogen and oxygen atoms in total. The summed E-state index contributed by atoms with van der Waals surface area (Å²) in [7, 11) is 0. The molecule has 3 rings (SSSR count). The van der Waals surface area contributed by atoms with Gasteiger partial charge in [0.05, 0.1) is 19.3 Å². The fourth-order valence-corrected chi connectivity index (χ4v) is 6.62. The molecule has 62 heavy (non-hydrogen) atoms. The number of benzene rings is 2. The minimum atomic E-state index is -2.01. The van der Waals surface area contributed by atoms with Crippen LogP contribution in [0.25, 0.3) is 0 Å². The molecule has 1 aliphatic rings. The number of carbonyl (C=O) groups is 4. The number of carbonyl (C=O) groups excluding carboxylic acids is 4. The van der Waals surface area contributed by atoms with Gasteiger partial charge in [-0.2, -0.15) is 0 Å². The lowest BCUT2D eigenvalue weighted by molar-refractivity contribution is -0.353. The van der Waals surface area contributed by atoms with E-state index >= 15 is 4.39 Å². The van der Waals surface area contributed by atoms with Crippen LogP contribution >= 0.6 is 0 Å². The summed E-state index contributed by atoms with van der Waals surface area (Å²) < 4.78 is 60.3. The fraction of sp³-hybridized carbons (Fsp3) is 0.660. The lowest BCUT2D eigenvalue weighted by Crippen LogP contribution is -2.63. The average molecular weight is 874 g/mol. The molecule has 3 amide bonds. The van der Waals surface area contributed by atoms with Gasteiger partial charge in [0.25, 0.3) is 0 Å². The summed E-state index contributed by atoms with van der Waals surface area (Å²) in [6.07, 6.45) is 0.791. The van der Waals surface area contributed by atoms with Gasteiger partial charge in [-0.05, 0) is 50.7 Å². The minimum absolute atomic E-state index is 0.0163. The van der Waals surface area contributed by atoms with E-state index < -0.39 is 78.7 Å². The molecule has 8 atom stereocenters. The first-order valence-corrected chi connectivity index (χ1v) is 22.5. The Hall–Kier alpha value is -4.15.